The molecule has 1 aromatic carbocycles. The van der Waals surface area contributed by atoms with Crippen molar-refractivity contribution < 1.29 is 9.53 Å². The van der Waals surface area contributed by atoms with Crippen LogP contribution in [-0.4, -0.2) is 26.5 Å². The van der Waals surface area contributed by atoms with Crippen LogP contribution in [0.2, 0.25) is 0 Å². The summed E-state index contributed by atoms with van der Waals surface area (Å²) in [6.07, 6.45) is 0. The second-order valence-corrected chi connectivity index (χ2v) is 5.44. The van der Waals surface area contributed by atoms with Crippen LogP contribution in [0.15, 0.2) is 12.1 Å². The van der Waals surface area contributed by atoms with E-state index in [-0.39, 0.29) is 11.7 Å². The Kier molecular flexibility index (Phi) is 5.55. The number of hydrogen-bond acceptors (Lipinski definition) is 3. The molecule has 1 unspecified atom stereocenters. The molecule has 0 amide bonds. The molecule has 106 valence electrons. The molecule has 0 saturated heterocycles. The molecule has 19 heavy (non-hydrogen) atoms. The molecule has 0 fully saturated rings. The van der Waals surface area contributed by atoms with Crippen LogP contribution in [0.1, 0.15) is 35.3 Å². The highest BCUT2D eigenvalue weighted by molar-refractivity contribution is 6.01. The van der Waals surface area contributed by atoms with E-state index < -0.39 is 0 Å². The predicted molar refractivity (Wildman–Crippen MR) is 79.1 cm³/mol. The lowest BCUT2D eigenvalue weighted by molar-refractivity contribution is 0.0882. The Hall–Kier alpha value is -1.35. The van der Waals surface area contributed by atoms with Gasteiger partial charge in [-0.3, -0.25) is 4.79 Å². The van der Waals surface area contributed by atoms with Crippen LogP contribution in [0.5, 0.6) is 5.75 Å². The van der Waals surface area contributed by atoms with Gasteiger partial charge in [-0.05, 0) is 44.0 Å². The van der Waals surface area contributed by atoms with Crippen molar-refractivity contribution in [1.82, 2.24) is 5.32 Å². The fraction of sp³-hybridized carbons (Fsp3) is 0.562. The van der Waals surface area contributed by atoms with Crippen LogP contribution in [0.4, 0.5) is 0 Å². The topological polar surface area (TPSA) is 38.3 Å². The van der Waals surface area contributed by atoms with Crippen molar-refractivity contribution in [2.24, 2.45) is 11.8 Å². The Bertz CT molecular complexity index is 452. The molecule has 0 radical (unpaired) electrons. The van der Waals surface area contributed by atoms with Crippen molar-refractivity contribution in [3.63, 3.8) is 0 Å². The minimum absolute atomic E-state index is 0.0277. The van der Waals surface area contributed by atoms with Crippen molar-refractivity contribution in [3.8, 4) is 5.75 Å². The molecule has 0 aromatic heterocycles. The largest absolute Gasteiger partial charge is 0.496 e. The van der Waals surface area contributed by atoms with Gasteiger partial charge in [0.2, 0.25) is 0 Å². The summed E-state index contributed by atoms with van der Waals surface area (Å²) < 4.78 is 5.42. The summed E-state index contributed by atoms with van der Waals surface area (Å²) in [5.41, 5.74) is 2.81. The lowest BCUT2D eigenvalue weighted by atomic mass is 9.86. The predicted octanol–water partition coefficient (Wildman–Crippen LogP) is 2.99. The monoisotopic (exact) mass is 263 g/mol. The number of carbonyl (C=O) groups is 1. The number of Topliss-reactive ketones (excluding diaryl/α,β-unsaturated/α-hetero) is 1. The van der Waals surface area contributed by atoms with E-state index in [1.165, 1.54) is 0 Å². The van der Waals surface area contributed by atoms with Crippen LogP contribution >= 0.6 is 0 Å². The number of aryl methyl sites for hydroxylation is 2. The Morgan fingerprint density at radius 1 is 1.32 bits per heavy atom. The second kappa shape index (κ2) is 6.71. The zero-order chi connectivity index (χ0) is 14.6. The maximum absolute atomic E-state index is 12.7. The van der Waals surface area contributed by atoms with Crippen molar-refractivity contribution in [1.29, 1.82) is 0 Å². The van der Waals surface area contributed by atoms with Crippen LogP contribution in [0.25, 0.3) is 0 Å². The molecular formula is C16H25NO2. The molecule has 3 nitrogen and oxygen atoms in total. The molecule has 0 aliphatic carbocycles. The molecular weight excluding hydrogens is 238 g/mol. The molecule has 1 aromatic rings. The molecule has 0 spiro atoms. The number of hydrogen-bond donors (Lipinski definition) is 1. The van der Waals surface area contributed by atoms with Gasteiger partial charge in [-0.1, -0.05) is 19.9 Å². The van der Waals surface area contributed by atoms with E-state index in [4.69, 9.17) is 4.74 Å². The van der Waals surface area contributed by atoms with Crippen molar-refractivity contribution >= 4 is 5.78 Å². The molecule has 0 aliphatic heterocycles. The summed E-state index contributed by atoms with van der Waals surface area (Å²) >= 11 is 0. The first-order valence-electron chi connectivity index (χ1n) is 6.76. The maximum Gasteiger partial charge on any atom is 0.171 e. The number of nitrogens with one attached hydrogen (secondary N) is 1. The fourth-order valence-electron chi connectivity index (χ4n) is 2.46. The van der Waals surface area contributed by atoms with Gasteiger partial charge in [-0.25, -0.2) is 0 Å². The normalized spacial score (nSPS) is 12.6. The number of rotatable bonds is 6. The van der Waals surface area contributed by atoms with Crippen LogP contribution in [0, 0.1) is 25.7 Å². The van der Waals surface area contributed by atoms with E-state index in [0.29, 0.717) is 23.8 Å². The van der Waals surface area contributed by atoms with E-state index in [1.54, 1.807) is 7.11 Å². The standard InChI is InChI=1S/C16H25NO2/c1-10(2)14(9-17-5)15(18)13-8-11(3)7-12(4)16(13)19-6/h7-8,10,14,17H,9H2,1-6H3. The lowest BCUT2D eigenvalue weighted by Crippen LogP contribution is -2.30. The first kappa shape index (κ1) is 15.7. The summed E-state index contributed by atoms with van der Waals surface area (Å²) in [6.45, 7) is 8.83. The van der Waals surface area contributed by atoms with Gasteiger partial charge in [-0.2, -0.15) is 0 Å². The van der Waals surface area contributed by atoms with Crippen molar-refractivity contribution in [2.75, 3.05) is 20.7 Å². The van der Waals surface area contributed by atoms with E-state index in [9.17, 15) is 4.79 Å². The van der Waals surface area contributed by atoms with E-state index in [0.717, 1.165) is 11.1 Å². The van der Waals surface area contributed by atoms with Crippen molar-refractivity contribution in [2.45, 2.75) is 27.7 Å². The first-order chi connectivity index (χ1) is 8.92. The van der Waals surface area contributed by atoms with Gasteiger partial charge >= 0.3 is 0 Å². The summed E-state index contributed by atoms with van der Waals surface area (Å²) in [7, 11) is 3.50. The quantitative estimate of drug-likeness (QED) is 0.802. The van der Waals surface area contributed by atoms with Crippen LogP contribution in [0.3, 0.4) is 0 Å². The average molecular weight is 263 g/mol. The highest BCUT2D eigenvalue weighted by atomic mass is 16.5. The molecule has 0 heterocycles. The van der Waals surface area contributed by atoms with Gasteiger partial charge in [0.05, 0.1) is 12.7 Å². The molecule has 1 N–H and O–H groups in total. The van der Waals surface area contributed by atoms with Crippen molar-refractivity contribution in [3.05, 3.63) is 28.8 Å². The zero-order valence-electron chi connectivity index (χ0n) is 12.8. The van der Waals surface area contributed by atoms with Gasteiger partial charge in [0, 0.05) is 12.5 Å². The average Bonchev–Trinajstić information content (AvgIpc) is 2.33. The molecule has 0 aliphatic rings. The summed E-state index contributed by atoms with van der Waals surface area (Å²) in [5.74, 6) is 1.14. The highest BCUT2D eigenvalue weighted by Crippen LogP contribution is 2.29. The van der Waals surface area contributed by atoms with E-state index in [2.05, 4.69) is 19.2 Å². The van der Waals surface area contributed by atoms with E-state index >= 15 is 0 Å². The summed E-state index contributed by atoms with van der Waals surface area (Å²) in [4.78, 5) is 12.7. The zero-order valence-corrected chi connectivity index (χ0v) is 12.8. The SMILES string of the molecule is CNCC(C(=O)c1cc(C)cc(C)c1OC)C(C)C. The second-order valence-electron chi connectivity index (χ2n) is 5.44. The van der Waals surface area contributed by atoms with Crippen LogP contribution < -0.4 is 10.1 Å². The molecule has 3 heteroatoms. The highest BCUT2D eigenvalue weighted by Gasteiger charge is 2.26. The summed E-state index contributed by atoms with van der Waals surface area (Å²) in [5, 5.41) is 3.10. The maximum atomic E-state index is 12.7. The van der Waals surface area contributed by atoms with Crippen LogP contribution in [-0.2, 0) is 0 Å². The third kappa shape index (κ3) is 3.57. The minimum atomic E-state index is -0.0277. The Morgan fingerprint density at radius 2 is 1.95 bits per heavy atom. The third-order valence-electron chi connectivity index (χ3n) is 3.45. The number of ether oxygens (including phenoxy) is 1. The molecule has 1 atom stereocenters. The van der Waals surface area contributed by atoms with E-state index in [1.807, 2.05) is 33.0 Å². The van der Waals surface area contributed by atoms with Gasteiger partial charge < -0.3 is 10.1 Å². The Labute approximate surface area is 116 Å². The van der Waals surface area contributed by atoms with Gasteiger partial charge in [0.1, 0.15) is 5.75 Å². The third-order valence-corrected chi connectivity index (χ3v) is 3.45. The number of ketones is 1. The molecule has 0 saturated carbocycles. The van der Waals surface area contributed by atoms with Gasteiger partial charge in [0.15, 0.2) is 5.78 Å². The number of methoxy groups -OCH3 is 1. The fourth-order valence-corrected chi connectivity index (χ4v) is 2.46. The smallest absolute Gasteiger partial charge is 0.171 e. The van der Waals surface area contributed by atoms with Gasteiger partial charge in [0.25, 0.3) is 0 Å². The summed E-state index contributed by atoms with van der Waals surface area (Å²) in [6, 6.07) is 3.97. The minimum Gasteiger partial charge on any atom is -0.496 e. The first-order valence-corrected chi connectivity index (χ1v) is 6.76. The lowest BCUT2D eigenvalue weighted by Gasteiger charge is -2.21. The Balaban J connectivity index is 3.23. The molecule has 1 rings (SSSR count). The molecule has 0 bridgehead atoms. The van der Waals surface area contributed by atoms with Gasteiger partial charge in [-0.15, -0.1) is 0 Å². The number of carbonyl (C=O) groups excluding carboxylic acids is 1. The Morgan fingerprint density at radius 3 is 2.42 bits per heavy atom. The number of benzene rings is 1.